The molecule has 0 spiro atoms. The zero-order valence-corrected chi connectivity index (χ0v) is 12.4. The quantitative estimate of drug-likeness (QED) is 0.834. The smallest absolute Gasteiger partial charge is 0.337 e. The second-order valence-corrected chi connectivity index (χ2v) is 6.86. The summed E-state index contributed by atoms with van der Waals surface area (Å²) in [4.78, 5) is 11.4. The van der Waals surface area contributed by atoms with Crippen LogP contribution in [0.5, 0.6) is 0 Å². The van der Waals surface area contributed by atoms with Gasteiger partial charge in [-0.3, -0.25) is 0 Å². The molecule has 8 heteroatoms. The van der Waals surface area contributed by atoms with Crippen LogP contribution in [0.3, 0.4) is 0 Å². The van der Waals surface area contributed by atoms with Crippen LogP contribution >= 0.6 is 11.6 Å². The molecule has 1 saturated heterocycles. The van der Waals surface area contributed by atoms with E-state index in [9.17, 15) is 13.2 Å². The van der Waals surface area contributed by atoms with Gasteiger partial charge in [-0.25, -0.2) is 13.2 Å². The van der Waals surface area contributed by atoms with E-state index >= 15 is 0 Å². The average Bonchev–Trinajstić information content (AvgIpc) is 2.85. The lowest BCUT2D eigenvalue weighted by Crippen LogP contribution is -2.32. The lowest BCUT2D eigenvalue weighted by atomic mass is 10.2. The first-order chi connectivity index (χ1) is 9.36. The van der Waals surface area contributed by atoms with E-state index in [0.29, 0.717) is 13.0 Å². The number of halogens is 1. The van der Waals surface area contributed by atoms with Gasteiger partial charge in [-0.1, -0.05) is 11.6 Å². The van der Waals surface area contributed by atoms with Crippen LogP contribution < -0.4 is 5.73 Å². The molecule has 1 heterocycles. The molecule has 0 unspecified atom stereocenters. The molecular formula is C12H15ClN2O4S. The Kier molecular flexibility index (Phi) is 4.33. The van der Waals surface area contributed by atoms with Gasteiger partial charge in [-0.05, 0) is 24.6 Å². The van der Waals surface area contributed by atoms with Crippen molar-refractivity contribution < 1.29 is 17.9 Å². The van der Waals surface area contributed by atoms with Crippen LogP contribution in [0.2, 0.25) is 5.02 Å². The first-order valence-corrected chi connectivity index (χ1v) is 7.81. The summed E-state index contributed by atoms with van der Waals surface area (Å²) < 4.78 is 30.8. The monoisotopic (exact) mass is 318 g/mol. The minimum absolute atomic E-state index is 0.0677. The van der Waals surface area contributed by atoms with Crippen LogP contribution in [0.25, 0.3) is 0 Å². The molecule has 6 nitrogen and oxygen atoms in total. The van der Waals surface area contributed by atoms with E-state index in [2.05, 4.69) is 4.74 Å². The molecule has 0 aliphatic carbocycles. The number of hydrogen-bond donors (Lipinski definition) is 1. The Morgan fingerprint density at radius 1 is 1.50 bits per heavy atom. The van der Waals surface area contributed by atoms with Gasteiger partial charge in [0.15, 0.2) is 0 Å². The Balaban J connectivity index is 2.43. The topological polar surface area (TPSA) is 89.7 Å². The summed E-state index contributed by atoms with van der Waals surface area (Å²) >= 11 is 5.95. The predicted molar refractivity (Wildman–Crippen MR) is 74.1 cm³/mol. The van der Waals surface area contributed by atoms with E-state index in [4.69, 9.17) is 17.3 Å². The van der Waals surface area contributed by atoms with Crippen LogP contribution in [0.1, 0.15) is 16.8 Å². The highest BCUT2D eigenvalue weighted by Crippen LogP contribution is 2.28. The minimum atomic E-state index is -3.75. The molecule has 1 aromatic carbocycles. The van der Waals surface area contributed by atoms with Gasteiger partial charge in [0, 0.05) is 19.1 Å². The van der Waals surface area contributed by atoms with E-state index in [0.717, 1.165) is 0 Å². The molecule has 1 fully saturated rings. The summed E-state index contributed by atoms with van der Waals surface area (Å²) in [7, 11) is -2.53. The molecule has 1 aromatic rings. The van der Waals surface area contributed by atoms with Crippen molar-refractivity contribution in [3.05, 3.63) is 28.8 Å². The molecule has 2 N–H and O–H groups in total. The Hall–Kier alpha value is -1.15. The van der Waals surface area contributed by atoms with E-state index in [1.54, 1.807) is 0 Å². The Morgan fingerprint density at radius 2 is 2.20 bits per heavy atom. The zero-order valence-electron chi connectivity index (χ0n) is 10.9. The van der Waals surface area contributed by atoms with Gasteiger partial charge in [0.25, 0.3) is 0 Å². The number of nitrogens with two attached hydrogens (primary N) is 1. The molecule has 110 valence electrons. The molecule has 2 rings (SSSR count). The second-order valence-electron chi connectivity index (χ2n) is 4.55. The molecular weight excluding hydrogens is 304 g/mol. The Bertz CT molecular complexity index is 632. The maximum atomic E-state index is 12.5. The summed E-state index contributed by atoms with van der Waals surface area (Å²) in [5, 5.41) is 0.0677. The van der Waals surface area contributed by atoms with Crippen molar-refractivity contribution >= 4 is 27.6 Å². The van der Waals surface area contributed by atoms with Crippen LogP contribution in [0.4, 0.5) is 0 Å². The van der Waals surface area contributed by atoms with Crippen LogP contribution in [0.15, 0.2) is 23.1 Å². The third-order valence-electron chi connectivity index (χ3n) is 3.16. The third kappa shape index (κ3) is 2.80. The lowest BCUT2D eigenvalue weighted by Gasteiger charge is -2.17. The lowest BCUT2D eigenvalue weighted by molar-refractivity contribution is 0.0600. The van der Waals surface area contributed by atoms with Gasteiger partial charge in [0.2, 0.25) is 10.0 Å². The fourth-order valence-electron chi connectivity index (χ4n) is 2.06. The molecule has 1 aliphatic heterocycles. The maximum absolute atomic E-state index is 12.5. The minimum Gasteiger partial charge on any atom is -0.465 e. The third-order valence-corrected chi connectivity index (χ3v) is 5.50. The van der Waals surface area contributed by atoms with Gasteiger partial charge < -0.3 is 10.5 Å². The average molecular weight is 319 g/mol. The molecule has 0 amide bonds. The van der Waals surface area contributed by atoms with E-state index in [1.165, 1.54) is 29.6 Å². The van der Waals surface area contributed by atoms with Crippen LogP contribution in [-0.4, -0.2) is 44.9 Å². The molecule has 1 aliphatic rings. The van der Waals surface area contributed by atoms with Gasteiger partial charge in [0.05, 0.1) is 17.7 Å². The SMILES string of the molecule is COC(=O)c1ccc(Cl)c(S(=O)(=O)N2CC[C@@H](N)C2)c1. The summed E-state index contributed by atoms with van der Waals surface area (Å²) in [6.07, 6.45) is 0.605. The van der Waals surface area contributed by atoms with Crippen molar-refractivity contribution in [2.24, 2.45) is 5.73 Å². The van der Waals surface area contributed by atoms with Crippen molar-refractivity contribution in [1.82, 2.24) is 4.31 Å². The Morgan fingerprint density at radius 3 is 2.75 bits per heavy atom. The fourth-order valence-corrected chi connectivity index (χ4v) is 4.07. The van der Waals surface area contributed by atoms with Crippen molar-refractivity contribution in [2.45, 2.75) is 17.4 Å². The molecule has 0 aromatic heterocycles. The number of carbonyl (C=O) groups is 1. The number of hydrogen-bond acceptors (Lipinski definition) is 5. The van der Waals surface area contributed by atoms with Crippen LogP contribution in [-0.2, 0) is 14.8 Å². The van der Waals surface area contributed by atoms with Crippen molar-refractivity contribution in [3.63, 3.8) is 0 Å². The maximum Gasteiger partial charge on any atom is 0.337 e. The van der Waals surface area contributed by atoms with Crippen molar-refractivity contribution in [1.29, 1.82) is 0 Å². The summed E-state index contributed by atoms with van der Waals surface area (Å²) in [5.41, 5.74) is 5.86. The first-order valence-electron chi connectivity index (χ1n) is 6.00. The first kappa shape index (κ1) is 15.2. The number of carbonyl (C=O) groups excluding carboxylic acids is 1. The number of nitrogens with zero attached hydrogens (tertiary/aromatic N) is 1. The van der Waals surface area contributed by atoms with Crippen LogP contribution in [0, 0.1) is 0 Å². The molecule has 0 saturated carbocycles. The molecule has 20 heavy (non-hydrogen) atoms. The number of methoxy groups -OCH3 is 1. The van der Waals surface area contributed by atoms with Gasteiger partial charge in [-0.15, -0.1) is 0 Å². The van der Waals surface area contributed by atoms with Crippen molar-refractivity contribution in [3.8, 4) is 0 Å². The van der Waals surface area contributed by atoms with Gasteiger partial charge in [-0.2, -0.15) is 4.31 Å². The number of esters is 1. The highest BCUT2D eigenvalue weighted by molar-refractivity contribution is 7.89. The van der Waals surface area contributed by atoms with E-state index < -0.39 is 16.0 Å². The van der Waals surface area contributed by atoms with Gasteiger partial charge >= 0.3 is 5.97 Å². The van der Waals surface area contributed by atoms with Crippen molar-refractivity contribution in [2.75, 3.05) is 20.2 Å². The summed E-state index contributed by atoms with van der Waals surface area (Å²) in [6, 6.07) is 3.85. The number of rotatable bonds is 3. The normalized spacial score (nSPS) is 20.1. The highest BCUT2D eigenvalue weighted by Gasteiger charge is 2.32. The fraction of sp³-hybridized carbons (Fsp3) is 0.417. The van der Waals surface area contributed by atoms with E-state index in [-0.39, 0.29) is 28.1 Å². The molecule has 0 bridgehead atoms. The predicted octanol–water partition coefficient (Wildman–Crippen LogP) is 0.848. The summed E-state index contributed by atoms with van der Waals surface area (Å²) in [5.74, 6) is -0.615. The second kappa shape index (κ2) is 5.69. The largest absolute Gasteiger partial charge is 0.465 e. The number of benzene rings is 1. The van der Waals surface area contributed by atoms with E-state index in [1.807, 2.05) is 0 Å². The van der Waals surface area contributed by atoms with Gasteiger partial charge in [0.1, 0.15) is 4.90 Å². The zero-order chi connectivity index (χ0) is 14.9. The molecule has 0 radical (unpaired) electrons. The highest BCUT2D eigenvalue weighted by atomic mass is 35.5. The number of ether oxygens (including phenoxy) is 1. The number of sulfonamides is 1. The summed E-state index contributed by atoms with van der Waals surface area (Å²) in [6.45, 7) is 0.601. The Labute approximate surface area is 122 Å². The molecule has 1 atom stereocenters. The standard InChI is InChI=1S/C12H15ClN2O4S/c1-19-12(16)8-2-3-10(13)11(6-8)20(17,18)15-5-4-9(14)7-15/h2-3,6,9H,4-5,7,14H2,1H3/t9-/m1/s1.